The Balaban J connectivity index is 2.57. The molecule has 2 rings (SSSR count). The van der Waals surface area contributed by atoms with Gasteiger partial charge in [0.2, 0.25) is 0 Å². The number of H-pyrrole nitrogens is 1. The lowest BCUT2D eigenvalue weighted by atomic mass is 10.1. The number of nitrogens with zero attached hydrogens (tertiary/aromatic N) is 3. The van der Waals surface area contributed by atoms with Crippen molar-refractivity contribution in [3.8, 4) is 6.07 Å². The van der Waals surface area contributed by atoms with Crippen LogP contribution in [-0.4, -0.2) is 35.7 Å². The van der Waals surface area contributed by atoms with Crippen molar-refractivity contribution in [3.05, 3.63) is 56.2 Å². The van der Waals surface area contributed by atoms with Crippen LogP contribution < -0.4 is 21.9 Å². The molecule has 9 nitrogen and oxygen atoms in total. The van der Waals surface area contributed by atoms with Gasteiger partial charge in [-0.25, -0.2) is 4.79 Å². The quantitative estimate of drug-likeness (QED) is 0.643. The van der Waals surface area contributed by atoms with Gasteiger partial charge in [0.1, 0.15) is 5.82 Å². The van der Waals surface area contributed by atoms with E-state index in [9.17, 15) is 14.4 Å². The van der Waals surface area contributed by atoms with Gasteiger partial charge in [-0.15, -0.1) is 0 Å². The number of aromatic amines is 1. The molecular formula is C20H25N5O4. The van der Waals surface area contributed by atoms with Crippen molar-refractivity contribution < 1.29 is 9.53 Å². The van der Waals surface area contributed by atoms with E-state index in [2.05, 4.69) is 4.98 Å². The summed E-state index contributed by atoms with van der Waals surface area (Å²) in [6.45, 7) is 4.66. The van der Waals surface area contributed by atoms with Crippen LogP contribution in [0.2, 0.25) is 0 Å². The first-order valence-electron chi connectivity index (χ1n) is 9.23. The smallest absolute Gasteiger partial charge is 0.330 e. The lowest BCUT2D eigenvalue weighted by Crippen LogP contribution is -2.42. The summed E-state index contributed by atoms with van der Waals surface area (Å²) in [5.41, 5.74) is 5.46. The van der Waals surface area contributed by atoms with Gasteiger partial charge in [0.05, 0.1) is 11.6 Å². The van der Waals surface area contributed by atoms with Crippen LogP contribution in [0.3, 0.4) is 0 Å². The van der Waals surface area contributed by atoms with Crippen LogP contribution in [0, 0.1) is 17.2 Å². The normalized spacial score (nSPS) is 10.7. The molecule has 0 spiro atoms. The highest BCUT2D eigenvalue weighted by atomic mass is 16.5. The van der Waals surface area contributed by atoms with Crippen LogP contribution in [0.5, 0.6) is 0 Å². The van der Waals surface area contributed by atoms with Gasteiger partial charge in [-0.05, 0) is 36.6 Å². The maximum absolute atomic E-state index is 13.2. The Morgan fingerprint density at radius 1 is 1.31 bits per heavy atom. The molecule has 1 aromatic heterocycles. The molecule has 0 fully saturated rings. The number of methoxy groups -OCH3 is 1. The summed E-state index contributed by atoms with van der Waals surface area (Å²) in [6.07, 6.45) is 0.459. The van der Waals surface area contributed by atoms with Gasteiger partial charge < -0.3 is 15.4 Å². The summed E-state index contributed by atoms with van der Waals surface area (Å²) in [7, 11) is 1.54. The Bertz CT molecular complexity index is 1020. The number of anilines is 2. The summed E-state index contributed by atoms with van der Waals surface area (Å²) in [4.78, 5) is 41.5. The molecule has 1 heterocycles. The fourth-order valence-electron chi connectivity index (χ4n) is 2.91. The third-order valence-electron chi connectivity index (χ3n) is 4.27. The highest BCUT2D eigenvalue weighted by molar-refractivity contribution is 6.07. The highest BCUT2D eigenvalue weighted by Crippen LogP contribution is 2.21. The Kier molecular flexibility index (Phi) is 7.33. The SMILES string of the molecule is COCCCN(C(=O)c1ccc(C#N)cc1)c1c(N)n(CC(C)C)c(=O)[nH]c1=O. The molecule has 1 aromatic carbocycles. The summed E-state index contributed by atoms with van der Waals surface area (Å²) < 4.78 is 6.31. The molecule has 0 unspecified atom stereocenters. The van der Waals surface area contributed by atoms with Crippen LogP contribution in [0.4, 0.5) is 11.5 Å². The maximum Gasteiger partial charge on any atom is 0.330 e. The Labute approximate surface area is 168 Å². The van der Waals surface area contributed by atoms with Crippen molar-refractivity contribution in [2.24, 2.45) is 5.92 Å². The van der Waals surface area contributed by atoms with Gasteiger partial charge in [0.15, 0.2) is 5.69 Å². The first kappa shape index (κ1) is 21.9. The lowest BCUT2D eigenvalue weighted by molar-refractivity contribution is 0.0983. The van der Waals surface area contributed by atoms with E-state index >= 15 is 0 Å². The van der Waals surface area contributed by atoms with E-state index in [1.165, 1.54) is 40.8 Å². The Hall–Kier alpha value is -3.38. The minimum absolute atomic E-state index is 0.0631. The fraction of sp³-hybridized carbons (Fsp3) is 0.400. The molecule has 29 heavy (non-hydrogen) atoms. The van der Waals surface area contributed by atoms with Crippen molar-refractivity contribution >= 4 is 17.4 Å². The fourth-order valence-corrected chi connectivity index (χ4v) is 2.91. The molecule has 0 saturated carbocycles. The van der Waals surface area contributed by atoms with Gasteiger partial charge in [-0.2, -0.15) is 5.26 Å². The van der Waals surface area contributed by atoms with Crippen LogP contribution in [-0.2, 0) is 11.3 Å². The summed E-state index contributed by atoms with van der Waals surface area (Å²) in [5, 5.41) is 8.95. The molecule has 2 aromatic rings. The van der Waals surface area contributed by atoms with Crippen LogP contribution in [0.15, 0.2) is 33.9 Å². The van der Waals surface area contributed by atoms with Gasteiger partial charge in [-0.3, -0.25) is 19.1 Å². The topological polar surface area (TPSA) is 134 Å². The average Bonchev–Trinajstić information content (AvgIpc) is 2.69. The minimum atomic E-state index is -0.730. The van der Waals surface area contributed by atoms with Crippen molar-refractivity contribution in [2.75, 3.05) is 30.9 Å². The Morgan fingerprint density at radius 2 is 1.97 bits per heavy atom. The zero-order valence-electron chi connectivity index (χ0n) is 16.8. The number of nitrogens with two attached hydrogens (primary N) is 1. The highest BCUT2D eigenvalue weighted by Gasteiger charge is 2.25. The second-order valence-electron chi connectivity index (χ2n) is 6.99. The molecule has 0 atom stereocenters. The number of amides is 1. The molecule has 3 N–H and O–H groups in total. The van der Waals surface area contributed by atoms with Crippen molar-refractivity contribution in [3.63, 3.8) is 0 Å². The van der Waals surface area contributed by atoms with Gasteiger partial charge in [-0.1, -0.05) is 13.8 Å². The zero-order valence-corrected chi connectivity index (χ0v) is 16.8. The van der Waals surface area contributed by atoms with E-state index in [1.807, 2.05) is 19.9 Å². The third kappa shape index (κ3) is 5.12. The molecule has 0 aliphatic heterocycles. The van der Waals surface area contributed by atoms with E-state index in [1.54, 1.807) is 0 Å². The number of aromatic nitrogens is 2. The molecule has 0 radical (unpaired) electrons. The second kappa shape index (κ2) is 9.71. The molecule has 0 aliphatic rings. The van der Waals surface area contributed by atoms with E-state index in [-0.39, 0.29) is 24.0 Å². The molecule has 0 saturated heterocycles. The van der Waals surface area contributed by atoms with E-state index in [0.717, 1.165) is 0 Å². The van der Waals surface area contributed by atoms with E-state index in [4.69, 9.17) is 15.7 Å². The number of rotatable bonds is 8. The molecule has 0 aliphatic carbocycles. The predicted octanol–water partition coefficient (Wildman–Crippen LogP) is 1.33. The van der Waals surface area contributed by atoms with Gasteiger partial charge in [0, 0.05) is 32.4 Å². The lowest BCUT2D eigenvalue weighted by Gasteiger charge is -2.25. The van der Waals surface area contributed by atoms with Crippen LogP contribution in [0.1, 0.15) is 36.2 Å². The van der Waals surface area contributed by atoms with E-state index in [0.29, 0.717) is 30.7 Å². The van der Waals surface area contributed by atoms with Gasteiger partial charge in [0.25, 0.3) is 11.5 Å². The number of nitrogen functional groups attached to an aromatic ring is 1. The van der Waals surface area contributed by atoms with Crippen LogP contribution in [0.25, 0.3) is 0 Å². The van der Waals surface area contributed by atoms with Crippen molar-refractivity contribution in [1.29, 1.82) is 5.26 Å². The van der Waals surface area contributed by atoms with Crippen molar-refractivity contribution in [2.45, 2.75) is 26.8 Å². The molecule has 154 valence electrons. The molecular weight excluding hydrogens is 374 g/mol. The number of hydrogen-bond acceptors (Lipinski definition) is 6. The summed E-state index contributed by atoms with van der Waals surface area (Å²) in [6, 6.07) is 8.06. The molecule has 0 bridgehead atoms. The summed E-state index contributed by atoms with van der Waals surface area (Å²) in [5.74, 6) is -0.422. The number of benzene rings is 1. The second-order valence-corrected chi connectivity index (χ2v) is 6.99. The number of nitriles is 1. The number of hydrogen-bond donors (Lipinski definition) is 2. The number of carbonyl (C=O) groups excluding carboxylic acids is 1. The number of ether oxygens (including phenoxy) is 1. The Morgan fingerprint density at radius 3 is 2.52 bits per heavy atom. The monoisotopic (exact) mass is 399 g/mol. The minimum Gasteiger partial charge on any atom is -0.385 e. The summed E-state index contributed by atoms with van der Waals surface area (Å²) >= 11 is 0. The predicted molar refractivity (Wildman–Crippen MR) is 110 cm³/mol. The number of carbonyl (C=O) groups is 1. The third-order valence-corrected chi connectivity index (χ3v) is 4.27. The van der Waals surface area contributed by atoms with E-state index < -0.39 is 17.2 Å². The number of nitrogens with one attached hydrogen (secondary N) is 1. The molecule has 1 amide bonds. The standard InChI is InChI=1S/C20H25N5O4/c1-13(2)12-25-17(22)16(18(26)23-20(25)28)24(9-4-10-29-3)19(27)15-7-5-14(11-21)6-8-15/h5-8,13H,4,9-10,12,22H2,1-3H3,(H,23,26,28). The van der Waals surface area contributed by atoms with Crippen LogP contribution >= 0.6 is 0 Å². The average molecular weight is 399 g/mol. The van der Waals surface area contributed by atoms with Gasteiger partial charge >= 0.3 is 5.69 Å². The first-order valence-corrected chi connectivity index (χ1v) is 9.23. The van der Waals surface area contributed by atoms with Crippen molar-refractivity contribution in [1.82, 2.24) is 9.55 Å². The first-order chi connectivity index (χ1) is 13.8. The largest absolute Gasteiger partial charge is 0.385 e. The molecule has 9 heteroatoms. The zero-order chi connectivity index (χ0) is 21.6. The maximum atomic E-state index is 13.2.